The summed E-state index contributed by atoms with van der Waals surface area (Å²) in [6.45, 7) is 5.85. The predicted molar refractivity (Wildman–Crippen MR) is 115 cm³/mol. The van der Waals surface area contributed by atoms with E-state index in [-0.39, 0.29) is 18.4 Å². The molecule has 5 rings (SSSR count). The molecule has 31 heavy (non-hydrogen) atoms. The van der Waals surface area contributed by atoms with Gasteiger partial charge in [-0.2, -0.15) is 10.1 Å². The van der Waals surface area contributed by atoms with Gasteiger partial charge in [0.1, 0.15) is 23.7 Å². The van der Waals surface area contributed by atoms with E-state index in [0.717, 1.165) is 54.6 Å². The number of hydrogen-bond acceptors (Lipinski definition) is 7. The van der Waals surface area contributed by atoms with Crippen LogP contribution in [0.3, 0.4) is 0 Å². The van der Waals surface area contributed by atoms with Gasteiger partial charge in [0, 0.05) is 24.6 Å². The minimum atomic E-state index is -0.0766. The maximum absolute atomic E-state index is 6.13. The topological polar surface area (TPSA) is 80.5 Å². The number of hydrogen-bond donors (Lipinski definition) is 0. The lowest BCUT2D eigenvalue weighted by molar-refractivity contribution is -0.0365. The van der Waals surface area contributed by atoms with Crippen LogP contribution in [0.1, 0.15) is 45.8 Å². The highest BCUT2D eigenvalue weighted by molar-refractivity contribution is 5.93. The van der Waals surface area contributed by atoms with Crippen LogP contribution in [0.15, 0.2) is 30.5 Å². The van der Waals surface area contributed by atoms with Crippen LogP contribution >= 0.6 is 0 Å². The van der Waals surface area contributed by atoms with E-state index in [1.54, 1.807) is 6.20 Å². The molecule has 2 aliphatic heterocycles. The summed E-state index contributed by atoms with van der Waals surface area (Å²) in [4.78, 5) is 8.95. The number of fused-ring (bicyclic) bond motifs is 4. The van der Waals surface area contributed by atoms with Crippen molar-refractivity contribution in [3.63, 3.8) is 0 Å². The molecule has 0 spiro atoms. The van der Waals surface area contributed by atoms with Gasteiger partial charge in [-0.05, 0) is 57.4 Å². The highest BCUT2D eigenvalue weighted by Gasteiger charge is 2.23. The SMILES string of the molecule is CC1COCCC(C)Oc2nccc(n2)-c2nn(C3CCCCO3)c3ccc(cc23)O1. The van der Waals surface area contributed by atoms with Crippen molar-refractivity contribution in [2.75, 3.05) is 19.8 Å². The minimum absolute atomic E-state index is 0.0640. The fourth-order valence-electron chi connectivity index (χ4n) is 4.05. The van der Waals surface area contributed by atoms with Gasteiger partial charge in [-0.1, -0.05) is 0 Å². The Kier molecular flexibility index (Phi) is 5.74. The normalized spacial score (nSPS) is 24.8. The zero-order valence-electron chi connectivity index (χ0n) is 18.0. The molecule has 3 atom stereocenters. The third-order valence-electron chi connectivity index (χ3n) is 5.65. The van der Waals surface area contributed by atoms with Crippen LogP contribution in [0.4, 0.5) is 0 Å². The van der Waals surface area contributed by atoms with Crippen molar-refractivity contribution in [2.24, 2.45) is 0 Å². The van der Waals surface area contributed by atoms with E-state index < -0.39 is 0 Å². The van der Waals surface area contributed by atoms with E-state index in [1.807, 2.05) is 42.8 Å². The molecule has 4 bridgehead atoms. The molecule has 1 aromatic carbocycles. The first kappa shape index (κ1) is 20.2. The van der Waals surface area contributed by atoms with Crippen molar-refractivity contribution in [1.29, 1.82) is 0 Å². The summed E-state index contributed by atoms with van der Waals surface area (Å²) in [6, 6.07) is 8.27. The Labute approximate surface area is 181 Å². The molecule has 8 heteroatoms. The third-order valence-corrected chi connectivity index (χ3v) is 5.65. The van der Waals surface area contributed by atoms with Gasteiger partial charge >= 0.3 is 6.01 Å². The van der Waals surface area contributed by atoms with Gasteiger partial charge < -0.3 is 18.9 Å². The van der Waals surface area contributed by atoms with Gasteiger partial charge in [0.2, 0.25) is 0 Å². The summed E-state index contributed by atoms with van der Waals surface area (Å²) in [5.74, 6) is 0.780. The molecule has 4 heterocycles. The summed E-state index contributed by atoms with van der Waals surface area (Å²) >= 11 is 0. The summed E-state index contributed by atoms with van der Waals surface area (Å²) in [6.07, 6.45) is 5.40. The van der Waals surface area contributed by atoms with Gasteiger partial charge in [0.25, 0.3) is 0 Å². The fraction of sp³-hybridized carbons (Fsp3) is 0.522. The Balaban J connectivity index is 1.63. The molecular weight excluding hydrogens is 396 g/mol. The van der Waals surface area contributed by atoms with Crippen LogP contribution in [0, 0.1) is 0 Å². The number of ether oxygens (including phenoxy) is 4. The zero-order chi connectivity index (χ0) is 21.2. The smallest absolute Gasteiger partial charge is 0.317 e. The second kappa shape index (κ2) is 8.80. The van der Waals surface area contributed by atoms with E-state index in [4.69, 9.17) is 24.0 Å². The van der Waals surface area contributed by atoms with Crippen LogP contribution in [0.2, 0.25) is 0 Å². The van der Waals surface area contributed by atoms with Crippen LogP contribution < -0.4 is 9.47 Å². The predicted octanol–water partition coefficient (Wildman–Crippen LogP) is 4.15. The first-order chi connectivity index (χ1) is 15.2. The molecule has 0 saturated carbocycles. The van der Waals surface area contributed by atoms with E-state index in [1.165, 1.54) is 0 Å². The molecule has 0 aliphatic carbocycles. The summed E-state index contributed by atoms with van der Waals surface area (Å²) in [5, 5.41) is 5.91. The number of aromatic nitrogens is 4. The molecule has 8 nitrogen and oxygen atoms in total. The molecule has 1 saturated heterocycles. The van der Waals surface area contributed by atoms with Gasteiger partial charge in [-0.15, -0.1) is 0 Å². The molecule has 2 aromatic heterocycles. The number of nitrogens with zero attached hydrogens (tertiary/aromatic N) is 4. The molecule has 3 unspecified atom stereocenters. The minimum Gasteiger partial charge on any atom is -0.488 e. The van der Waals surface area contributed by atoms with Crippen LogP contribution in [-0.4, -0.2) is 51.8 Å². The van der Waals surface area contributed by atoms with Gasteiger partial charge in [-0.25, -0.2) is 9.67 Å². The van der Waals surface area contributed by atoms with Crippen molar-refractivity contribution in [1.82, 2.24) is 19.7 Å². The van der Waals surface area contributed by atoms with Crippen molar-refractivity contribution in [2.45, 2.75) is 58.0 Å². The molecule has 164 valence electrons. The quantitative estimate of drug-likeness (QED) is 0.580. The average molecular weight is 425 g/mol. The Morgan fingerprint density at radius 3 is 2.81 bits per heavy atom. The first-order valence-electron chi connectivity index (χ1n) is 11.1. The Morgan fingerprint density at radius 1 is 1.00 bits per heavy atom. The molecule has 2 aliphatic rings. The van der Waals surface area contributed by atoms with Crippen LogP contribution in [-0.2, 0) is 9.47 Å². The van der Waals surface area contributed by atoms with Crippen molar-refractivity contribution >= 4 is 10.9 Å². The van der Waals surface area contributed by atoms with Gasteiger partial charge in [0.15, 0.2) is 6.23 Å². The fourth-order valence-corrected chi connectivity index (χ4v) is 4.05. The molecular formula is C23H28N4O4. The molecule has 0 N–H and O–H groups in total. The van der Waals surface area contributed by atoms with Gasteiger partial charge in [0.05, 0.1) is 24.4 Å². The average Bonchev–Trinajstić information content (AvgIpc) is 3.16. The second-order valence-electron chi connectivity index (χ2n) is 8.24. The van der Waals surface area contributed by atoms with E-state index in [9.17, 15) is 0 Å². The van der Waals surface area contributed by atoms with Gasteiger partial charge in [-0.3, -0.25) is 0 Å². The van der Waals surface area contributed by atoms with Crippen LogP contribution in [0.5, 0.6) is 11.8 Å². The first-order valence-corrected chi connectivity index (χ1v) is 11.1. The third kappa shape index (κ3) is 4.36. The lowest BCUT2D eigenvalue weighted by Crippen LogP contribution is -2.22. The summed E-state index contributed by atoms with van der Waals surface area (Å²) < 4.78 is 25.9. The lowest BCUT2D eigenvalue weighted by atomic mass is 10.1. The largest absolute Gasteiger partial charge is 0.488 e. The summed E-state index contributed by atoms with van der Waals surface area (Å²) in [5.41, 5.74) is 2.48. The van der Waals surface area contributed by atoms with E-state index >= 15 is 0 Å². The summed E-state index contributed by atoms with van der Waals surface area (Å²) in [7, 11) is 0. The maximum Gasteiger partial charge on any atom is 0.317 e. The monoisotopic (exact) mass is 424 g/mol. The highest BCUT2D eigenvalue weighted by Crippen LogP contribution is 2.34. The Morgan fingerprint density at radius 2 is 1.94 bits per heavy atom. The van der Waals surface area contributed by atoms with Crippen LogP contribution in [0.25, 0.3) is 22.3 Å². The molecule has 0 radical (unpaired) electrons. The second-order valence-corrected chi connectivity index (χ2v) is 8.24. The van der Waals surface area contributed by atoms with E-state index in [2.05, 4.69) is 9.97 Å². The number of rotatable bonds is 1. The Hall–Kier alpha value is -2.71. The molecule has 1 fully saturated rings. The van der Waals surface area contributed by atoms with E-state index in [0.29, 0.717) is 24.9 Å². The zero-order valence-corrected chi connectivity index (χ0v) is 18.0. The lowest BCUT2D eigenvalue weighted by Gasteiger charge is -2.23. The Bertz CT molecular complexity index is 1050. The maximum atomic E-state index is 6.13. The number of benzene rings is 1. The molecule has 0 amide bonds. The standard InChI is InChI=1S/C23H28N4O4/c1-15-9-12-28-14-16(2)30-17-6-7-20-18(13-17)22(19-8-10-24-23(25-19)31-15)26-27(20)21-5-3-4-11-29-21/h6-8,10,13,15-16,21H,3-5,9,11-12,14H2,1-2H3. The van der Waals surface area contributed by atoms with Crippen molar-refractivity contribution in [3.8, 4) is 23.1 Å². The molecule has 3 aromatic rings. The van der Waals surface area contributed by atoms with Crippen molar-refractivity contribution in [3.05, 3.63) is 30.5 Å². The highest BCUT2D eigenvalue weighted by atomic mass is 16.5. The van der Waals surface area contributed by atoms with Crippen molar-refractivity contribution < 1.29 is 18.9 Å².